The fourth-order valence-electron chi connectivity index (χ4n) is 3.32. The van der Waals surface area contributed by atoms with Gasteiger partial charge in [0.15, 0.2) is 6.10 Å². The molecule has 1 aliphatic heterocycles. The third-order valence-electron chi connectivity index (χ3n) is 4.88. The molecule has 2 aliphatic rings. The lowest BCUT2D eigenvalue weighted by Gasteiger charge is -2.17. The van der Waals surface area contributed by atoms with Crippen molar-refractivity contribution in [2.24, 2.45) is 11.8 Å². The first kappa shape index (κ1) is 18.8. The van der Waals surface area contributed by atoms with Gasteiger partial charge in [0, 0.05) is 5.69 Å². The molecule has 0 saturated carbocycles. The largest absolute Gasteiger partial charge is 0.451 e. The molecule has 27 heavy (non-hydrogen) atoms. The number of likely N-dealkylation sites (tertiary alicyclic amines) is 1. The molecule has 0 aromatic heterocycles. The number of nitrogens with zero attached hydrogens (tertiary/aromatic N) is 1. The molecule has 1 heterocycles. The molecular weight excluding hydrogens is 348 g/mol. The van der Waals surface area contributed by atoms with E-state index in [1.165, 1.54) is 6.92 Å². The topological polar surface area (TPSA) is 92.8 Å². The number of carbonyl (C=O) groups excluding carboxylic acids is 4. The number of carbonyl (C=O) groups is 4. The minimum atomic E-state index is -1.05. The number of hydrogen-bond donors (Lipinski definition) is 1. The van der Waals surface area contributed by atoms with Gasteiger partial charge in [0.1, 0.15) is 6.54 Å². The van der Waals surface area contributed by atoms with Gasteiger partial charge in [0.2, 0.25) is 11.8 Å². The monoisotopic (exact) mass is 370 g/mol. The lowest BCUT2D eigenvalue weighted by Crippen LogP contribution is -2.39. The van der Waals surface area contributed by atoms with E-state index >= 15 is 0 Å². The zero-order chi connectivity index (χ0) is 19.6. The smallest absolute Gasteiger partial charge is 0.326 e. The highest BCUT2D eigenvalue weighted by Crippen LogP contribution is 2.34. The Morgan fingerprint density at radius 1 is 1.11 bits per heavy atom. The summed E-state index contributed by atoms with van der Waals surface area (Å²) >= 11 is 0. The van der Waals surface area contributed by atoms with Gasteiger partial charge in [-0.15, -0.1) is 0 Å². The highest BCUT2D eigenvalue weighted by molar-refractivity contribution is 6.07. The van der Waals surface area contributed by atoms with Crippen LogP contribution in [-0.4, -0.2) is 41.2 Å². The Bertz CT molecular complexity index is 773. The number of allylic oxidation sites excluding steroid dienone is 2. The summed E-state index contributed by atoms with van der Waals surface area (Å²) in [5, 5.41) is 2.65. The minimum Gasteiger partial charge on any atom is -0.451 e. The normalized spacial score (nSPS) is 22.4. The third-order valence-corrected chi connectivity index (χ3v) is 4.88. The molecule has 0 bridgehead atoms. The van der Waals surface area contributed by atoms with E-state index in [-0.39, 0.29) is 11.8 Å². The molecular formula is C20H22N2O5. The maximum Gasteiger partial charge on any atom is 0.326 e. The van der Waals surface area contributed by atoms with E-state index in [1.807, 2.05) is 31.2 Å². The highest BCUT2D eigenvalue weighted by atomic mass is 16.5. The molecule has 1 N–H and O–H groups in total. The Hall–Kier alpha value is -2.96. The molecule has 3 amide bonds. The standard InChI is InChI=1S/C20H22N2O5/c1-12-7-9-14(10-8-12)21-18(24)13(2)27-17(23)11-22-19(25)15-5-3-4-6-16(15)20(22)26/h3-4,7-10,13,15-16H,5-6,11H2,1-2H3,(H,21,24)/t13-,15-,16+/m1/s1. The molecule has 0 unspecified atom stereocenters. The quantitative estimate of drug-likeness (QED) is 0.485. The Morgan fingerprint density at radius 2 is 1.67 bits per heavy atom. The highest BCUT2D eigenvalue weighted by Gasteiger charge is 2.47. The van der Waals surface area contributed by atoms with Crippen LogP contribution in [0.1, 0.15) is 25.3 Å². The van der Waals surface area contributed by atoms with Gasteiger partial charge in [-0.05, 0) is 38.8 Å². The van der Waals surface area contributed by atoms with Crippen LogP contribution in [0.25, 0.3) is 0 Å². The van der Waals surface area contributed by atoms with Gasteiger partial charge in [-0.25, -0.2) is 0 Å². The fraction of sp³-hybridized carbons (Fsp3) is 0.400. The summed E-state index contributed by atoms with van der Waals surface area (Å²) < 4.78 is 5.11. The average molecular weight is 370 g/mol. The van der Waals surface area contributed by atoms with E-state index in [0.717, 1.165) is 10.5 Å². The molecule has 0 radical (unpaired) electrons. The molecule has 7 heteroatoms. The summed E-state index contributed by atoms with van der Waals surface area (Å²) in [6.45, 7) is 2.91. The molecule has 1 fully saturated rings. The number of esters is 1. The van der Waals surface area contributed by atoms with Gasteiger partial charge in [0.25, 0.3) is 5.91 Å². The van der Waals surface area contributed by atoms with E-state index < -0.39 is 36.4 Å². The number of benzene rings is 1. The van der Waals surface area contributed by atoms with Crippen molar-refractivity contribution in [3.8, 4) is 0 Å². The van der Waals surface area contributed by atoms with Crippen LogP contribution >= 0.6 is 0 Å². The number of ether oxygens (including phenoxy) is 1. The Balaban J connectivity index is 1.54. The first-order chi connectivity index (χ1) is 12.9. The van der Waals surface area contributed by atoms with Gasteiger partial charge in [-0.3, -0.25) is 24.1 Å². The van der Waals surface area contributed by atoms with Crippen molar-refractivity contribution in [1.29, 1.82) is 0 Å². The first-order valence-electron chi connectivity index (χ1n) is 8.94. The Kier molecular flexibility index (Phi) is 5.39. The number of anilines is 1. The van der Waals surface area contributed by atoms with Gasteiger partial charge in [-0.2, -0.15) is 0 Å². The second-order valence-electron chi connectivity index (χ2n) is 6.91. The zero-order valence-electron chi connectivity index (χ0n) is 15.3. The second-order valence-corrected chi connectivity index (χ2v) is 6.91. The van der Waals surface area contributed by atoms with Crippen molar-refractivity contribution in [1.82, 2.24) is 4.90 Å². The first-order valence-corrected chi connectivity index (χ1v) is 8.94. The number of hydrogen-bond acceptors (Lipinski definition) is 5. The predicted octanol–water partition coefficient (Wildman–Crippen LogP) is 1.82. The number of fused-ring (bicyclic) bond motifs is 1. The SMILES string of the molecule is Cc1ccc(NC(=O)[C@@H](C)OC(=O)CN2C(=O)[C@H]3CC=CC[C@H]3C2=O)cc1. The van der Waals surface area contributed by atoms with E-state index in [1.54, 1.807) is 12.1 Å². The minimum absolute atomic E-state index is 0.344. The lowest BCUT2D eigenvalue weighted by atomic mass is 9.85. The van der Waals surface area contributed by atoms with E-state index in [0.29, 0.717) is 18.5 Å². The fourth-order valence-corrected chi connectivity index (χ4v) is 3.32. The summed E-state index contributed by atoms with van der Waals surface area (Å²) in [6, 6.07) is 7.20. The van der Waals surface area contributed by atoms with Crippen LogP contribution in [0.2, 0.25) is 0 Å². The summed E-state index contributed by atoms with van der Waals surface area (Å²) in [6.07, 6.45) is 3.74. The van der Waals surface area contributed by atoms with Crippen molar-refractivity contribution in [2.75, 3.05) is 11.9 Å². The van der Waals surface area contributed by atoms with Gasteiger partial charge >= 0.3 is 5.97 Å². The summed E-state index contributed by atoms with van der Waals surface area (Å²) in [4.78, 5) is 50.0. The maximum absolute atomic E-state index is 12.4. The van der Waals surface area contributed by atoms with Crippen molar-refractivity contribution < 1.29 is 23.9 Å². The molecule has 1 saturated heterocycles. The van der Waals surface area contributed by atoms with Crippen molar-refractivity contribution in [2.45, 2.75) is 32.8 Å². The van der Waals surface area contributed by atoms with Crippen LogP contribution in [0, 0.1) is 18.8 Å². The van der Waals surface area contributed by atoms with Gasteiger partial charge in [-0.1, -0.05) is 29.8 Å². The number of nitrogens with one attached hydrogen (secondary N) is 1. The van der Waals surface area contributed by atoms with Crippen LogP contribution in [0.15, 0.2) is 36.4 Å². The van der Waals surface area contributed by atoms with E-state index in [2.05, 4.69) is 5.32 Å². The van der Waals surface area contributed by atoms with Crippen LogP contribution in [0.4, 0.5) is 5.69 Å². The van der Waals surface area contributed by atoms with Gasteiger partial charge < -0.3 is 10.1 Å². The van der Waals surface area contributed by atoms with Crippen LogP contribution in [0.3, 0.4) is 0 Å². The molecule has 0 spiro atoms. The zero-order valence-corrected chi connectivity index (χ0v) is 15.3. The van der Waals surface area contributed by atoms with Crippen molar-refractivity contribution >= 4 is 29.4 Å². The summed E-state index contributed by atoms with van der Waals surface area (Å²) in [5.74, 6) is -2.74. The predicted molar refractivity (Wildman–Crippen MR) is 97.4 cm³/mol. The molecule has 142 valence electrons. The number of rotatable bonds is 5. The Labute approximate surface area is 157 Å². The molecule has 1 aromatic carbocycles. The van der Waals surface area contributed by atoms with Crippen LogP contribution in [-0.2, 0) is 23.9 Å². The molecule has 1 aliphatic carbocycles. The molecule has 1 aromatic rings. The lowest BCUT2D eigenvalue weighted by molar-refractivity contribution is -0.158. The second kappa shape index (κ2) is 7.73. The summed E-state index contributed by atoms with van der Waals surface area (Å²) in [7, 11) is 0. The van der Waals surface area contributed by atoms with E-state index in [4.69, 9.17) is 4.74 Å². The number of imide groups is 1. The number of amides is 3. The third kappa shape index (κ3) is 4.07. The molecule has 3 atom stereocenters. The van der Waals surface area contributed by atoms with Crippen molar-refractivity contribution in [3.63, 3.8) is 0 Å². The molecule has 3 rings (SSSR count). The molecule has 7 nitrogen and oxygen atoms in total. The number of aryl methyl sites for hydroxylation is 1. The van der Waals surface area contributed by atoms with Crippen molar-refractivity contribution in [3.05, 3.63) is 42.0 Å². The van der Waals surface area contributed by atoms with Crippen LogP contribution in [0.5, 0.6) is 0 Å². The average Bonchev–Trinajstić information content (AvgIpc) is 2.89. The summed E-state index contributed by atoms with van der Waals surface area (Å²) in [5.41, 5.74) is 1.65. The van der Waals surface area contributed by atoms with E-state index in [9.17, 15) is 19.2 Å². The Morgan fingerprint density at radius 3 is 2.22 bits per heavy atom. The van der Waals surface area contributed by atoms with Crippen LogP contribution < -0.4 is 5.32 Å². The maximum atomic E-state index is 12.4. The van der Waals surface area contributed by atoms with Gasteiger partial charge in [0.05, 0.1) is 11.8 Å².